The van der Waals surface area contributed by atoms with Crippen LogP contribution in [0.15, 0.2) is 65.3 Å². The summed E-state index contributed by atoms with van der Waals surface area (Å²) in [7, 11) is 0. The van der Waals surface area contributed by atoms with E-state index in [9.17, 15) is 9.90 Å². The Bertz CT molecular complexity index is 659. The molecule has 0 aliphatic rings. The maximum Gasteiger partial charge on any atom is 0.0715 e. The van der Waals surface area contributed by atoms with E-state index in [2.05, 4.69) is 10.5 Å². The molecule has 2 rings (SSSR count). The minimum absolute atomic E-state index is 0.143. The lowest BCUT2D eigenvalue weighted by Crippen LogP contribution is -2.21. The Morgan fingerprint density at radius 1 is 1.10 bits per heavy atom. The Kier molecular flexibility index (Phi) is 4.88. The van der Waals surface area contributed by atoms with Crippen molar-refractivity contribution in [3.05, 3.63) is 71.3 Å². The maximum absolute atomic E-state index is 10.6. The monoisotopic (exact) mass is 279 g/mol. The molecule has 0 heterocycles. The summed E-state index contributed by atoms with van der Waals surface area (Å²) in [4.78, 5) is 10.6. The van der Waals surface area contributed by atoms with Crippen LogP contribution in [-0.4, -0.2) is 12.2 Å². The summed E-state index contributed by atoms with van der Waals surface area (Å²) in [6.45, 7) is 1.96. The number of carbonyl (C=O) groups is 1. The largest absolute Gasteiger partial charge is 0.545 e. The summed E-state index contributed by atoms with van der Waals surface area (Å²) in [6.07, 6.45) is 3.73. The number of rotatable bonds is 5. The van der Waals surface area contributed by atoms with E-state index in [1.807, 2.05) is 43.3 Å². The number of hydrogen-bond donors (Lipinski definition) is 1. The van der Waals surface area contributed by atoms with Gasteiger partial charge in [-0.05, 0) is 35.8 Å². The number of aromatic carboxylic acids is 1. The molecule has 4 heteroatoms. The third kappa shape index (κ3) is 4.62. The van der Waals surface area contributed by atoms with E-state index < -0.39 is 5.97 Å². The highest BCUT2D eigenvalue weighted by molar-refractivity contribution is 5.86. The van der Waals surface area contributed by atoms with Crippen molar-refractivity contribution in [2.45, 2.75) is 6.92 Å². The molecule has 0 saturated heterocycles. The fourth-order valence-electron chi connectivity index (χ4n) is 1.74. The predicted octanol–water partition coefficient (Wildman–Crippen LogP) is 2.55. The average Bonchev–Trinajstić information content (AvgIpc) is 2.49. The number of nitrogens with zero attached hydrogens (tertiary/aromatic N) is 1. The molecule has 0 unspecified atom stereocenters. The quantitative estimate of drug-likeness (QED) is 0.675. The van der Waals surface area contributed by atoms with Crippen molar-refractivity contribution in [2.75, 3.05) is 5.43 Å². The Morgan fingerprint density at radius 2 is 1.76 bits per heavy atom. The van der Waals surface area contributed by atoms with Crippen LogP contribution in [0.3, 0.4) is 0 Å². The maximum atomic E-state index is 10.6. The summed E-state index contributed by atoms with van der Waals surface area (Å²) in [5, 5.41) is 14.7. The van der Waals surface area contributed by atoms with E-state index in [0.29, 0.717) is 5.69 Å². The number of hydrogen-bond acceptors (Lipinski definition) is 4. The van der Waals surface area contributed by atoms with Gasteiger partial charge in [0.05, 0.1) is 17.9 Å². The molecule has 0 saturated carbocycles. The van der Waals surface area contributed by atoms with Crippen LogP contribution in [0, 0.1) is 0 Å². The lowest BCUT2D eigenvalue weighted by molar-refractivity contribution is -0.255. The fraction of sp³-hybridized carbons (Fsp3) is 0.0588. The number of carboxylic acids is 1. The minimum atomic E-state index is -1.19. The molecular weight excluding hydrogens is 264 g/mol. The number of carboxylic acid groups (broad SMARTS) is 1. The second-order valence-corrected chi connectivity index (χ2v) is 4.53. The Morgan fingerprint density at radius 3 is 2.38 bits per heavy atom. The first-order chi connectivity index (χ1) is 10.1. The van der Waals surface area contributed by atoms with Crippen molar-refractivity contribution in [1.82, 2.24) is 0 Å². The molecule has 0 fully saturated rings. The summed E-state index contributed by atoms with van der Waals surface area (Å²) < 4.78 is 0. The van der Waals surface area contributed by atoms with Gasteiger partial charge in [-0.3, -0.25) is 5.43 Å². The van der Waals surface area contributed by atoms with E-state index in [4.69, 9.17) is 0 Å². The van der Waals surface area contributed by atoms with Gasteiger partial charge < -0.3 is 9.90 Å². The van der Waals surface area contributed by atoms with Gasteiger partial charge in [0.25, 0.3) is 0 Å². The van der Waals surface area contributed by atoms with Gasteiger partial charge in [-0.25, -0.2) is 0 Å². The molecule has 0 spiro atoms. The van der Waals surface area contributed by atoms with Crippen molar-refractivity contribution in [3.63, 3.8) is 0 Å². The van der Waals surface area contributed by atoms with Gasteiger partial charge in [0.1, 0.15) is 0 Å². The SMILES string of the molecule is CC(/C=N\Nc1ccc(C(=O)[O-])cc1)=C/c1ccccc1. The summed E-state index contributed by atoms with van der Waals surface area (Å²) >= 11 is 0. The van der Waals surface area contributed by atoms with Crippen LogP contribution in [0.2, 0.25) is 0 Å². The molecule has 0 aliphatic carbocycles. The van der Waals surface area contributed by atoms with Gasteiger partial charge in [0.15, 0.2) is 0 Å². The third-order valence-electron chi connectivity index (χ3n) is 2.78. The number of anilines is 1. The molecule has 4 nitrogen and oxygen atoms in total. The van der Waals surface area contributed by atoms with Crippen molar-refractivity contribution >= 4 is 23.9 Å². The van der Waals surface area contributed by atoms with Gasteiger partial charge in [-0.1, -0.05) is 48.5 Å². The van der Waals surface area contributed by atoms with Crippen molar-refractivity contribution in [1.29, 1.82) is 0 Å². The summed E-state index contributed by atoms with van der Waals surface area (Å²) in [5.41, 5.74) is 5.81. The molecule has 0 bridgehead atoms. The molecule has 2 aromatic rings. The van der Waals surface area contributed by atoms with E-state index in [1.54, 1.807) is 18.3 Å². The highest BCUT2D eigenvalue weighted by atomic mass is 16.4. The lowest BCUT2D eigenvalue weighted by Gasteiger charge is -2.04. The molecule has 0 amide bonds. The molecule has 106 valence electrons. The smallest absolute Gasteiger partial charge is 0.0715 e. The Hall–Kier alpha value is -2.88. The molecule has 0 aromatic heterocycles. The van der Waals surface area contributed by atoms with Gasteiger partial charge in [0, 0.05) is 0 Å². The minimum Gasteiger partial charge on any atom is -0.545 e. The topological polar surface area (TPSA) is 64.5 Å². The van der Waals surface area contributed by atoms with E-state index >= 15 is 0 Å². The van der Waals surface area contributed by atoms with Crippen LogP contribution in [0.25, 0.3) is 6.08 Å². The van der Waals surface area contributed by atoms with E-state index in [1.165, 1.54) is 12.1 Å². The van der Waals surface area contributed by atoms with Crippen LogP contribution >= 0.6 is 0 Å². The van der Waals surface area contributed by atoms with Crippen LogP contribution in [0.1, 0.15) is 22.8 Å². The zero-order valence-electron chi connectivity index (χ0n) is 11.6. The number of benzene rings is 2. The first-order valence-corrected chi connectivity index (χ1v) is 6.49. The first-order valence-electron chi connectivity index (χ1n) is 6.49. The highest BCUT2D eigenvalue weighted by Gasteiger charge is 1.93. The van der Waals surface area contributed by atoms with Gasteiger partial charge in [-0.15, -0.1) is 0 Å². The van der Waals surface area contributed by atoms with Crippen LogP contribution in [0.4, 0.5) is 5.69 Å². The van der Waals surface area contributed by atoms with Gasteiger partial charge in [0.2, 0.25) is 0 Å². The van der Waals surface area contributed by atoms with Crippen LogP contribution in [-0.2, 0) is 0 Å². The van der Waals surface area contributed by atoms with Crippen molar-refractivity contribution in [2.24, 2.45) is 5.10 Å². The highest BCUT2D eigenvalue weighted by Crippen LogP contribution is 2.09. The number of carbonyl (C=O) groups excluding carboxylic acids is 1. The van der Waals surface area contributed by atoms with Crippen LogP contribution in [0.5, 0.6) is 0 Å². The second-order valence-electron chi connectivity index (χ2n) is 4.53. The van der Waals surface area contributed by atoms with Crippen molar-refractivity contribution in [3.8, 4) is 0 Å². The average molecular weight is 279 g/mol. The number of allylic oxidation sites excluding steroid dienone is 1. The zero-order chi connectivity index (χ0) is 15.1. The summed E-state index contributed by atoms with van der Waals surface area (Å²) in [5.74, 6) is -1.19. The van der Waals surface area contributed by atoms with E-state index in [-0.39, 0.29) is 5.56 Å². The fourth-order valence-corrected chi connectivity index (χ4v) is 1.74. The van der Waals surface area contributed by atoms with Gasteiger partial charge in [-0.2, -0.15) is 5.10 Å². The molecule has 0 aliphatic heterocycles. The molecule has 2 aromatic carbocycles. The standard InChI is InChI=1S/C17H16N2O2/c1-13(11-14-5-3-2-4-6-14)12-18-19-16-9-7-15(8-10-16)17(20)21/h2-12,19H,1H3,(H,20,21)/p-1/b13-11-,18-12-. The molecule has 1 N–H and O–H groups in total. The van der Waals surface area contributed by atoms with E-state index in [0.717, 1.165) is 11.1 Å². The van der Waals surface area contributed by atoms with Gasteiger partial charge >= 0.3 is 0 Å². The second kappa shape index (κ2) is 7.05. The predicted molar refractivity (Wildman–Crippen MR) is 83.0 cm³/mol. The van der Waals surface area contributed by atoms with Crippen molar-refractivity contribution < 1.29 is 9.90 Å². The van der Waals surface area contributed by atoms with Crippen LogP contribution < -0.4 is 10.5 Å². The number of nitrogens with one attached hydrogen (secondary N) is 1. The third-order valence-corrected chi connectivity index (χ3v) is 2.78. The molecule has 0 radical (unpaired) electrons. The molecule has 0 atom stereocenters. The Labute approximate surface area is 123 Å². The first kappa shape index (κ1) is 14.5. The zero-order valence-corrected chi connectivity index (χ0v) is 11.6. The molecule has 21 heavy (non-hydrogen) atoms. The normalized spacial score (nSPS) is 11.6. The molecular formula is C17H15N2O2-. The lowest BCUT2D eigenvalue weighted by atomic mass is 10.1. The Balaban J connectivity index is 1.95. The number of hydrazone groups is 1. The summed E-state index contributed by atoms with van der Waals surface area (Å²) in [6, 6.07) is 16.2.